The first-order valence-corrected chi connectivity index (χ1v) is 17.5. The summed E-state index contributed by atoms with van der Waals surface area (Å²) in [6.07, 6.45) is 6.37. The average Bonchev–Trinajstić information content (AvgIpc) is 3.73. The number of fused-ring (bicyclic) bond motifs is 7. The van der Waals surface area contributed by atoms with Gasteiger partial charge in [0.25, 0.3) is 5.91 Å². The van der Waals surface area contributed by atoms with E-state index in [1.165, 1.54) is 16.3 Å². The van der Waals surface area contributed by atoms with Crippen LogP contribution in [0.1, 0.15) is 71.8 Å². The Morgan fingerprint density at radius 2 is 1.74 bits per heavy atom. The van der Waals surface area contributed by atoms with Crippen LogP contribution in [0.15, 0.2) is 36.4 Å². The van der Waals surface area contributed by atoms with E-state index in [-0.39, 0.29) is 12.0 Å². The van der Waals surface area contributed by atoms with Crippen LogP contribution in [0, 0.1) is 0 Å². The number of carbonyl (C=O) groups is 3. The zero-order valence-electron chi connectivity index (χ0n) is 27.7. The minimum absolute atomic E-state index is 0.000569. The maximum absolute atomic E-state index is 13.9. The highest BCUT2D eigenvalue weighted by atomic mass is 32.2. The van der Waals surface area contributed by atoms with Crippen LogP contribution in [-0.2, 0) is 32.0 Å². The molecule has 3 amide bonds. The van der Waals surface area contributed by atoms with Gasteiger partial charge in [0.2, 0.25) is 0 Å². The molecule has 3 aromatic rings. The molecule has 1 saturated heterocycles. The van der Waals surface area contributed by atoms with Gasteiger partial charge >= 0.3 is 11.8 Å². The van der Waals surface area contributed by atoms with Gasteiger partial charge in [-0.25, -0.2) is 8.51 Å². The monoisotopic (exact) mass is 661 g/mol. The Labute approximate surface area is 277 Å². The summed E-state index contributed by atoms with van der Waals surface area (Å²) in [6.45, 7) is 1.29. The summed E-state index contributed by atoms with van der Waals surface area (Å²) < 4.78 is 29.8. The molecule has 2 aliphatic carbocycles. The molecule has 4 aliphatic rings. The summed E-state index contributed by atoms with van der Waals surface area (Å²) in [6, 6.07) is 12.0. The molecule has 3 unspecified atom stereocenters. The molecule has 2 aliphatic heterocycles. The number of nitrogens with one attached hydrogen (secondary N) is 1. The van der Waals surface area contributed by atoms with Crippen molar-refractivity contribution in [2.24, 2.45) is 0 Å². The molecule has 0 radical (unpaired) electrons. The Bertz CT molecular complexity index is 1790. The maximum atomic E-state index is 13.9. The first-order chi connectivity index (χ1) is 22.6. The number of hydrogen-bond donors (Lipinski definition) is 1. The molecule has 3 fully saturated rings. The summed E-state index contributed by atoms with van der Waals surface area (Å²) in [5, 5.41) is 1.09. The van der Waals surface area contributed by atoms with Crippen LogP contribution < -0.4 is 9.46 Å². The van der Waals surface area contributed by atoms with Crippen LogP contribution in [0.5, 0.6) is 5.75 Å². The van der Waals surface area contributed by atoms with Gasteiger partial charge in [-0.05, 0) is 66.6 Å². The largest absolute Gasteiger partial charge is 0.497 e. The third kappa shape index (κ3) is 5.25. The van der Waals surface area contributed by atoms with Gasteiger partial charge < -0.3 is 23.8 Å². The van der Waals surface area contributed by atoms with Crippen LogP contribution >= 0.6 is 0 Å². The highest BCUT2D eigenvalue weighted by Gasteiger charge is 2.62. The molecule has 250 valence electrons. The number of ether oxygens (including phenoxy) is 2. The third-order valence-electron chi connectivity index (χ3n) is 10.9. The van der Waals surface area contributed by atoms with E-state index >= 15 is 0 Å². The minimum atomic E-state index is -1.67. The number of likely N-dealkylation sites (N-methyl/N-ethyl adjacent to an activating group) is 1. The van der Waals surface area contributed by atoms with Gasteiger partial charge in [0.05, 0.1) is 24.4 Å². The standard InChI is InChI=1S/C35H43N5O6S/c1-37(2)47(44)36-32(41)22-11-13-26-29(15-22)40-20-35(38(3)33(42)34(43)39-18-24(19-39)46-5)17-28(35)27-16-23(45-4)12-14-25(27)31(40)30(26)21-9-7-6-8-10-21/h11-16,21,24,28H,6-10,17-20H2,1-5H3,(H,36,41). The Balaban J connectivity index is 1.38. The Morgan fingerprint density at radius 3 is 2.43 bits per heavy atom. The zero-order chi connectivity index (χ0) is 33.2. The molecular weight excluding hydrogens is 618 g/mol. The van der Waals surface area contributed by atoms with Crippen LogP contribution in [0.25, 0.3) is 22.2 Å². The van der Waals surface area contributed by atoms with E-state index in [0.29, 0.717) is 37.5 Å². The molecule has 3 atom stereocenters. The zero-order valence-corrected chi connectivity index (χ0v) is 28.5. The van der Waals surface area contributed by atoms with E-state index in [4.69, 9.17) is 9.47 Å². The normalized spacial score (nSPS) is 22.9. The predicted molar refractivity (Wildman–Crippen MR) is 179 cm³/mol. The molecule has 2 aromatic carbocycles. The van der Waals surface area contributed by atoms with Gasteiger partial charge in [-0.3, -0.25) is 19.1 Å². The van der Waals surface area contributed by atoms with Crippen LogP contribution in [-0.4, -0.2) is 101 Å². The first kappa shape index (κ1) is 31.8. The topological polar surface area (TPSA) is 113 Å². The van der Waals surface area contributed by atoms with Gasteiger partial charge in [0, 0.05) is 75.8 Å². The fourth-order valence-corrected chi connectivity index (χ4v) is 8.49. The average molecular weight is 662 g/mol. The fourth-order valence-electron chi connectivity index (χ4n) is 8.03. The molecule has 0 spiro atoms. The second-order valence-electron chi connectivity index (χ2n) is 13.7. The summed E-state index contributed by atoms with van der Waals surface area (Å²) in [7, 11) is 8.31. The quantitative estimate of drug-likeness (QED) is 0.386. The fraction of sp³-hybridized carbons (Fsp3) is 0.514. The molecule has 1 N–H and O–H groups in total. The Morgan fingerprint density at radius 1 is 1.00 bits per heavy atom. The van der Waals surface area contributed by atoms with Crippen LogP contribution in [0.4, 0.5) is 0 Å². The van der Waals surface area contributed by atoms with Crippen molar-refractivity contribution in [3.05, 3.63) is 53.1 Å². The van der Waals surface area contributed by atoms with Crippen molar-refractivity contribution in [1.29, 1.82) is 0 Å². The second-order valence-corrected chi connectivity index (χ2v) is 15.1. The number of aromatic nitrogens is 1. The molecule has 3 heterocycles. The highest BCUT2D eigenvalue weighted by molar-refractivity contribution is 7.81. The minimum Gasteiger partial charge on any atom is -0.497 e. The lowest BCUT2D eigenvalue weighted by Crippen LogP contribution is -2.59. The Hall–Kier alpha value is -3.74. The van der Waals surface area contributed by atoms with Crippen molar-refractivity contribution in [3.8, 4) is 17.0 Å². The SMILES string of the molecule is COc1ccc2c(c1)C1CC1(N(C)C(=O)C(=O)N1CC(OC)C1)Cn1c-2c(C2CCCCC2)c2ccc(C(=O)NS(=O)N(C)C)cc21. The van der Waals surface area contributed by atoms with Crippen LogP contribution in [0.3, 0.4) is 0 Å². The van der Waals surface area contributed by atoms with Gasteiger partial charge in [0.1, 0.15) is 5.75 Å². The molecule has 11 nitrogen and oxygen atoms in total. The second kappa shape index (κ2) is 12.1. The number of benzene rings is 2. The molecule has 7 rings (SSSR count). The number of likely N-dealkylation sites (tertiary alicyclic amines) is 1. The summed E-state index contributed by atoms with van der Waals surface area (Å²) in [5.41, 5.74) is 5.27. The van der Waals surface area contributed by atoms with Gasteiger partial charge in [-0.15, -0.1) is 0 Å². The molecule has 0 bridgehead atoms. The molecular formula is C35H43N5O6S. The van der Waals surface area contributed by atoms with E-state index in [1.807, 2.05) is 24.3 Å². The van der Waals surface area contributed by atoms with Crippen molar-refractivity contribution in [3.63, 3.8) is 0 Å². The lowest BCUT2D eigenvalue weighted by Gasteiger charge is -2.39. The van der Waals surface area contributed by atoms with Crippen molar-refractivity contribution < 1.29 is 28.1 Å². The number of amides is 3. The lowest BCUT2D eigenvalue weighted by molar-refractivity contribution is -0.159. The van der Waals surface area contributed by atoms with Gasteiger partial charge in [-0.2, -0.15) is 0 Å². The van der Waals surface area contributed by atoms with E-state index in [0.717, 1.165) is 59.2 Å². The summed E-state index contributed by atoms with van der Waals surface area (Å²) in [5.74, 6) is -0.356. The highest BCUT2D eigenvalue weighted by Crippen LogP contribution is 2.62. The number of methoxy groups -OCH3 is 2. The number of carbonyl (C=O) groups excluding carboxylic acids is 3. The van der Waals surface area contributed by atoms with E-state index in [1.54, 1.807) is 45.2 Å². The van der Waals surface area contributed by atoms with Gasteiger partial charge in [0.15, 0.2) is 11.2 Å². The summed E-state index contributed by atoms with van der Waals surface area (Å²) in [4.78, 5) is 43.7. The van der Waals surface area contributed by atoms with Crippen molar-refractivity contribution >= 4 is 39.8 Å². The van der Waals surface area contributed by atoms with E-state index < -0.39 is 34.4 Å². The number of nitrogens with zero attached hydrogens (tertiary/aromatic N) is 4. The smallest absolute Gasteiger partial charge is 0.312 e. The molecule has 1 aromatic heterocycles. The lowest BCUT2D eigenvalue weighted by atomic mass is 9.81. The first-order valence-electron chi connectivity index (χ1n) is 16.4. The van der Waals surface area contributed by atoms with Crippen molar-refractivity contribution in [1.82, 2.24) is 23.4 Å². The van der Waals surface area contributed by atoms with Crippen LogP contribution in [0.2, 0.25) is 0 Å². The van der Waals surface area contributed by atoms with Gasteiger partial charge in [-0.1, -0.05) is 25.3 Å². The summed E-state index contributed by atoms with van der Waals surface area (Å²) >= 11 is -1.67. The third-order valence-corrected chi connectivity index (χ3v) is 11.9. The predicted octanol–water partition coefficient (Wildman–Crippen LogP) is 3.79. The van der Waals surface area contributed by atoms with Crippen molar-refractivity contribution in [2.75, 3.05) is 48.5 Å². The van der Waals surface area contributed by atoms with E-state index in [9.17, 15) is 18.6 Å². The molecule has 2 saturated carbocycles. The number of rotatable bonds is 7. The Kier molecular flexibility index (Phi) is 8.16. The number of hydrogen-bond acceptors (Lipinski definition) is 6. The molecule has 47 heavy (non-hydrogen) atoms. The molecule has 12 heteroatoms. The maximum Gasteiger partial charge on any atom is 0.312 e. The van der Waals surface area contributed by atoms with Crippen molar-refractivity contribution in [2.45, 2.75) is 68.5 Å². The van der Waals surface area contributed by atoms with E-state index in [2.05, 4.69) is 21.4 Å².